The van der Waals surface area contributed by atoms with E-state index in [-0.39, 0.29) is 0 Å². The summed E-state index contributed by atoms with van der Waals surface area (Å²) in [6.07, 6.45) is 3.99. The number of nitrogen functional groups attached to an aromatic ring is 1. The van der Waals surface area contributed by atoms with Crippen LogP contribution in [0, 0.1) is 5.92 Å². The van der Waals surface area contributed by atoms with E-state index in [1.807, 2.05) is 6.07 Å². The van der Waals surface area contributed by atoms with Crippen LogP contribution in [0.4, 0.5) is 11.6 Å². The van der Waals surface area contributed by atoms with Gasteiger partial charge in [0.1, 0.15) is 18.0 Å². The van der Waals surface area contributed by atoms with Gasteiger partial charge >= 0.3 is 0 Å². The fraction of sp³-hybridized carbons (Fsp3) is 0.636. The van der Waals surface area contributed by atoms with Gasteiger partial charge in [-0.05, 0) is 25.7 Å². The molecule has 1 aromatic heterocycles. The highest BCUT2D eigenvalue weighted by Gasteiger charge is 2.23. The predicted molar refractivity (Wildman–Crippen MR) is 65.0 cm³/mol. The largest absolute Gasteiger partial charge is 0.354 e. The molecule has 16 heavy (non-hydrogen) atoms. The Hall–Kier alpha value is -1.36. The average molecular weight is 221 g/mol. The number of nitrogens with zero attached hydrogens (tertiary/aromatic N) is 3. The van der Waals surface area contributed by atoms with Crippen LogP contribution in [0.3, 0.4) is 0 Å². The van der Waals surface area contributed by atoms with Crippen LogP contribution in [0.5, 0.6) is 0 Å². The lowest BCUT2D eigenvalue weighted by molar-refractivity contribution is 0.376. The molecule has 0 bridgehead atoms. The number of nitrogens with one attached hydrogen (secondary N) is 1. The molecule has 1 aliphatic heterocycles. The minimum atomic E-state index is 0.532. The third-order valence-corrected chi connectivity index (χ3v) is 3.23. The second-order valence-electron chi connectivity index (χ2n) is 4.58. The standard InChI is InChI=1S/C11H19N5/c1-8-3-4-16(9(2)5-8)11-6-10(15-12)13-7-14-11/h6-9H,3-5,12H2,1-2H3,(H,13,14,15). The Morgan fingerprint density at radius 1 is 1.44 bits per heavy atom. The van der Waals surface area contributed by atoms with Gasteiger partial charge in [0.25, 0.3) is 0 Å². The van der Waals surface area contributed by atoms with Crippen molar-refractivity contribution in [2.45, 2.75) is 32.7 Å². The normalized spacial score (nSPS) is 25.6. The summed E-state index contributed by atoms with van der Waals surface area (Å²) in [7, 11) is 0. The first-order valence-corrected chi connectivity index (χ1v) is 5.76. The number of hydrogen-bond donors (Lipinski definition) is 2. The summed E-state index contributed by atoms with van der Waals surface area (Å²) in [5.74, 6) is 7.78. The van der Waals surface area contributed by atoms with Gasteiger partial charge in [0.2, 0.25) is 0 Å². The van der Waals surface area contributed by atoms with Gasteiger partial charge in [0.15, 0.2) is 0 Å². The first kappa shape index (κ1) is 11.1. The van der Waals surface area contributed by atoms with E-state index in [0.29, 0.717) is 11.9 Å². The SMILES string of the molecule is CC1CCN(c2cc(NN)ncn2)C(C)C1. The third-order valence-electron chi connectivity index (χ3n) is 3.23. The molecule has 2 heterocycles. The number of rotatable bonds is 2. The molecule has 0 amide bonds. The highest BCUT2D eigenvalue weighted by molar-refractivity contribution is 5.48. The van der Waals surface area contributed by atoms with Gasteiger partial charge in [-0.3, -0.25) is 0 Å². The Morgan fingerprint density at radius 2 is 2.25 bits per heavy atom. The lowest BCUT2D eigenvalue weighted by atomic mass is 9.93. The summed E-state index contributed by atoms with van der Waals surface area (Å²) in [5.41, 5.74) is 2.55. The Kier molecular flexibility index (Phi) is 3.24. The summed E-state index contributed by atoms with van der Waals surface area (Å²) in [5, 5.41) is 0. The highest BCUT2D eigenvalue weighted by Crippen LogP contribution is 2.26. The zero-order chi connectivity index (χ0) is 11.5. The quantitative estimate of drug-likeness (QED) is 0.583. The highest BCUT2D eigenvalue weighted by atomic mass is 15.3. The van der Waals surface area contributed by atoms with Crippen molar-refractivity contribution in [3.63, 3.8) is 0 Å². The molecule has 5 heteroatoms. The molecule has 2 unspecified atom stereocenters. The molecule has 3 N–H and O–H groups in total. The predicted octanol–water partition coefficient (Wildman–Crippen LogP) is 1.39. The van der Waals surface area contributed by atoms with Gasteiger partial charge in [0.05, 0.1) is 0 Å². The monoisotopic (exact) mass is 221 g/mol. The second-order valence-corrected chi connectivity index (χ2v) is 4.58. The molecular weight excluding hydrogens is 202 g/mol. The molecular formula is C11H19N5. The molecule has 0 aliphatic carbocycles. The molecule has 0 radical (unpaired) electrons. The van der Waals surface area contributed by atoms with Gasteiger partial charge in [-0.2, -0.15) is 0 Å². The minimum Gasteiger partial charge on any atom is -0.354 e. The third kappa shape index (κ3) is 2.24. The molecule has 5 nitrogen and oxygen atoms in total. The molecule has 1 fully saturated rings. The topological polar surface area (TPSA) is 67.1 Å². The van der Waals surface area contributed by atoms with Gasteiger partial charge < -0.3 is 10.3 Å². The summed E-state index contributed by atoms with van der Waals surface area (Å²) in [4.78, 5) is 10.6. The van der Waals surface area contributed by atoms with Crippen molar-refractivity contribution in [1.29, 1.82) is 0 Å². The maximum absolute atomic E-state index is 5.35. The molecule has 1 saturated heterocycles. The number of nitrogens with two attached hydrogens (primary N) is 1. The molecule has 88 valence electrons. The van der Waals surface area contributed by atoms with Crippen LogP contribution in [0.1, 0.15) is 26.7 Å². The van der Waals surface area contributed by atoms with E-state index in [1.165, 1.54) is 12.8 Å². The number of piperidine rings is 1. The van der Waals surface area contributed by atoms with Gasteiger partial charge in [-0.15, -0.1) is 0 Å². The minimum absolute atomic E-state index is 0.532. The fourth-order valence-corrected chi connectivity index (χ4v) is 2.33. The Morgan fingerprint density at radius 3 is 2.94 bits per heavy atom. The van der Waals surface area contributed by atoms with Crippen molar-refractivity contribution in [2.24, 2.45) is 11.8 Å². The molecule has 0 spiro atoms. The number of hydrogen-bond acceptors (Lipinski definition) is 5. The number of aromatic nitrogens is 2. The van der Waals surface area contributed by atoms with Crippen LogP contribution in [-0.4, -0.2) is 22.6 Å². The maximum atomic E-state index is 5.35. The van der Waals surface area contributed by atoms with Crippen molar-refractivity contribution < 1.29 is 0 Å². The Bertz CT molecular complexity index is 354. The molecule has 0 aromatic carbocycles. The van der Waals surface area contributed by atoms with Crippen LogP contribution in [0.25, 0.3) is 0 Å². The van der Waals surface area contributed by atoms with E-state index in [1.54, 1.807) is 6.33 Å². The zero-order valence-electron chi connectivity index (χ0n) is 9.85. The van der Waals surface area contributed by atoms with Crippen LogP contribution >= 0.6 is 0 Å². The molecule has 2 rings (SSSR count). The van der Waals surface area contributed by atoms with Crippen LogP contribution in [0.2, 0.25) is 0 Å². The second kappa shape index (κ2) is 4.65. The number of hydrazine groups is 1. The van der Waals surface area contributed by atoms with E-state index >= 15 is 0 Å². The van der Waals surface area contributed by atoms with Crippen molar-refractivity contribution in [3.05, 3.63) is 12.4 Å². The van der Waals surface area contributed by atoms with Crippen molar-refractivity contribution in [3.8, 4) is 0 Å². The Labute approximate surface area is 96.0 Å². The first-order chi connectivity index (χ1) is 7.70. The van der Waals surface area contributed by atoms with Crippen LogP contribution in [-0.2, 0) is 0 Å². The maximum Gasteiger partial charge on any atom is 0.145 e. The lowest BCUT2D eigenvalue weighted by Crippen LogP contribution is -2.40. The molecule has 1 aliphatic rings. The average Bonchev–Trinajstić information content (AvgIpc) is 2.29. The molecule has 1 aromatic rings. The van der Waals surface area contributed by atoms with Gasteiger partial charge in [0, 0.05) is 18.7 Å². The lowest BCUT2D eigenvalue weighted by Gasteiger charge is -2.37. The van der Waals surface area contributed by atoms with Crippen molar-refractivity contribution in [2.75, 3.05) is 16.9 Å². The molecule has 2 atom stereocenters. The van der Waals surface area contributed by atoms with Crippen molar-refractivity contribution in [1.82, 2.24) is 9.97 Å². The summed E-state index contributed by atoms with van der Waals surface area (Å²) >= 11 is 0. The summed E-state index contributed by atoms with van der Waals surface area (Å²) in [6.45, 7) is 5.61. The van der Waals surface area contributed by atoms with E-state index in [2.05, 4.69) is 34.1 Å². The van der Waals surface area contributed by atoms with E-state index in [0.717, 1.165) is 18.3 Å². The van der Waals surface area contributed by atoms with Crippen molar-refractivity contribution >= 4 is 11.6 Å². The van der Waals surface area contributed by atoms with Crippen LogP contribution in [0.15, 0.2) is 12.4 Å². The van der Waals surface area contributed by atoms with E-state index in [4.69, 9.17) is 5.84 Å². The number of anilines is 2. The Balaban J connectivity index is 2.16. The van der Waals surface area contributed by atoms with E-state index < -0.39 is 0 Å². The zero-order valence-corrected chi connectivity index (χ0v) is 9.85. The fourth-order valence-electron chi connectivity index (χ4n) is 2.33. The molecule has 0 saturated carbocycles. The smallest absolute Gasteiger partial charge is 0.145 e. The summed E-state index contributed by atoms with van der Waals surface area (Å²) < 4.78 is 0. The van der Waals surface area contributed by atoms with Crippen LogP contribution < -0.4 is 16.2 Å². The van der Waals surface area contributed by atoms with E-state index in [9.17, 15) is 0 Å². The first-order valence-electron chi connectivity index (χ1n) is 5.76. The summed E-state index contributed by atoms with van der Waals surface area (Å²) in [6, 6.07) is 2.43. The van der Waals surface area contributed by atoms with Gasteiger partial charge in [-0.1, -0.05) is 6.92 Å². The van der Waals surface area contributed by atoms with Gasteiger partial charge in [-0.25, -0.2) is 15.8 Å².